The predicted molar refractivity (Wildman–Crippen MR) is 116 cm³/mol. The fourth-order valence-electron chi connectivity index (χ4n) is 4.33. The van der Waals surface area contributed by atoms with E-state index in [4.69, 9.17) is 0 Å². The Labute approximate surface area is 179 Å². The molecule has 158 valence electrons. The highest BCUT2D eigenvalue weighted by molar-refractivity contribution is 6.08. The summed E-state index contributed by atoms with van der Waals surface area (Å²) in [6, 6.07) is 19.2. The van der Waals surface area contributed by atoms with Crippen LogP contribution in [0.3, 0.4) is 0 Å². The molecular weight excluding hydrogens is 398 g/mol. The Morgan fingerprint density at radius 2 is 1.52 bits per heavy atom. The molecule has 0 radical (unpaired) electrons. The van der Waals surface area contributed by atoms with Crippen LogP contribution in [0, 0.1) is 11.6 Å². The maximum atomic E-state index is 14.4. The molecule has 6 heteroatoms. The minimum absolute atomic E-state index is 0.127. The van der Waals surface area contributed by atoms with Gasteiger partial charge in [-0.05, 0) is 49.2 Å². The molecule has 3 aromatic rings. The van der Waals surface area contributed by atoms with E-state index in [0.717, 1.165) is 23.4 Å². The first kappa shape index (κ1) is 20.7. The molecule has 0 spiro atoms. The lowest BCUT2D eigenvalue weighted by molar-refractivity contribution is -0.117. The Morgan fingerprint density at radius 1 is 0.903 bits per heavy atom. The van der Waals surface area contributed by atoms with Crippen LogP contribution in [-0.4, -0.2) is 17.9 Å². The average molecular weight is 420 g/mol. The summed E-state index contributed by atoms with van der Waals surface area (Å²) >= 11 is 0. The standard InChI is InChI=1S/C25H22F2N2O2/c1-16-15-23(29(17(2)30)18-9-4-3-5-10-18)19-11-6-7-14-22(19)28(16)25(31)24-20(26)12-8-13-21(24)27/h3-14,16,23H,15H2,1-2H3. The maximum Gasteiger partial charge on any atom is 0.264 e. The molecule has 2 atom stereocenters. The van der Waals surface area contributed by atoms with Crippen molar-refractivity contribution in [1.29, 1.82) is 0 Å². The van der Waals surface area contributed by atoms with Gasteiger partial charge in [0.15, 0.2) is 0 Å². The molecule has 4 nitrogen and oxygen atoms in total. The average Bonchev–Trinajstić information content (AvgIpc) is 2.74. The second-order valence-corrected chi connectivity index (χ2v) is 7.66. The van der Waals surface area contributed by atoms with Crippen molar-refractivity contribution < 1.29 is 18.4 Å². The van der Waals surface area contributed by atoms with Crippen LogP contribution in [0.15, 0.2) is 72.8 Å². The second-order valence-electron chi connectivity index (χ2n) is 7.66. The van der Waals surface area contributed by atoms with Gasteiger partial charge in [-0.25, -0.2) is 8.78 Å². The Kier molecular flexibility index (Phi) is 5.55. The third-order valence-electron chi connectivity index (χ3n) is 5.64. The number of carbonyl (C=O) groups excluding carboxylic acids is 2. The number of para-hydroxylation sites is 2. The monoisotopic (exact) mass is 420 g/mol. The Balaban J connectivity index is 1.82. The number of carbonyl (C=O) groups is 2. The van der Waals surface area contributed by atoms with Crippen LogP contribution >= 0.6 is 0 Å². The number of hydrogen-bond acceptors (Lipinski definition) is 2. The molecule has 1 aliphatic heterocycles. The minimum atomic E-state index is -0.897. The smallest absolute Gasteiger partial charge is 0.264 e. The van der Waals surface area contributed by atoms with Gasteiger partial charge in [-0.1, -0.05) is 42.5 Å². The van der Waals surface area contributed by atoms with Gasteiger partial charge in [0.2, 0.25) is 5.91 Å². The summed E-state index contributed by atoms with van der Waals surface area (Å²) in [5.74, 6) is -2.65. The van der Waals surface area contributed by atoms with Gasteiger partial charge >= 0.3 is 0 Å². The lowest BCUT2D eigenvalue weighted by atomic mass is 9.89. The van der Waals surface area contributed by atoms with E-state index in [9.17, 15) is 18.4 Å². The number of amides is 2. The highest BCUT2D eigenvalue weighted by Crippen LogP contribution is 2.42. The maximum absolute atomic E-state index is 14.4. The van der Waals surface area contributed by atoms with E-state index in [2.05, 4.69) is 0 Å². The zero-order valence-electron chi connectivity index (χ0n) is 17.3. The molecule has 2 amide bonds. The summed E-state index contributed by atoms with van der Waals surface area (Å²) in [7, 11) is 0. The van der Waals surface area contributed by atoms with Crippen molar-refractivity contribution >= 4 is 23.2 Å². The van der Waals surface area contributed by atoms with E-state index < -0.39 is 29.1 Å². The molecule has 0 fully saturated rings. The van der Waals surface area contributed by atoms with Gasteiger partial charge in [0.05, 0.1) is 6.04 Å². The predicted octanol–water partition coefficient (Wildman–Crippen LogP) is 5.50. The molecule has 3 aromatic carbocycles. The van der Waals surface area contributed by atoms with Gasteiger partial charge < -0.3 is 9.80 Å². The van der Waals surface area contributed by atoms with Gasteiger partial charge in [0.1, 0.15) is 17.2 Å². The van der Waals surface area contributed by atoms with Crippen LogP contribution in [0.5, 0.6) is 0 Å². The van der Waals surface area contributed by atoms with Gasteiger partial charge in [-0.3, -0.25) is 9.59 Å². The number of hydrogen-bond donors (Lipinski definition) is 0. The van der Waals surface area contributed by atoms with Crippen molar-refractivity contribution in [3.05, 3.63) is 95.6 Å². The van der Waals surface area contributed by atoms with E-state index >= 15 is 0 Å². The Bertz CT molecular complexity index is 1110. The van der Waals surface area contributed by atoms with Crippen LogP contribution in [0.1, 0.15) is 42.2 Å². The summed E-state index contributed by atoms with van der Waals surface area (Å²) in [6.07, 6.45) is 0.424. The molecule has 0 bridgehead atoms. The minimum Gasteiger partial charge on any atom is -0.305 e. The number of anilines is 2. The van der Waals surface area contributed by atoms with Crippen LogP contribution in [-0.2, 0) is 4.79 Å². The number of rotatable bonds is 3. The summed E-state index contributed by atoms with van der Waals surface area (Å²) < 4.78 is 28.7. The van der Waals surface area contributed by atoms with Crippen molar-refractivity contribution in [2.75, 3.05) is 9.80 Å². The molecule has 0 saturated carbocycles. The van der Waals surface area contributed by atoms with E-state index in [1.165, 1.54) is 17.9 Å². The molecule has 2 unspecified atom stereocenters. The summed E-state index contributed by atoms with van der Waals surface area (Å²) in [4.78, 5) is 29.0. The lowest BCUT2D eigenvalue weighted by Crippen LogP contribution is -2.47. The quantitative estimate of drug-likeness (QED) is 0.562. The molecule has 1 aliphatic rings. The molecule has 0 aromatic heterocycles. The zero-order chi connectivity index (χ0) is 22.1. The van der Waals surface area contributed by atoms with Crippen LogP contribution in [0.4, 0.5) is 20.2 Å². The van der Waals surface area contributed by atoms with Crippen LogP contribution < -0.4 is 9.80 Å². The van der Waals surface area contributed by atoms with Crippen molar-refractivity contribution in [3.63, 3.8) is 0 Å². The van der Waals surface area contributed by atoms with Crippen molar-refractivity contribution in [2.45, 2.75) is 32.4 Å². The van der Waals surface area contributed by atoms with Crippen LogP contribution in [0.25, 0.3) is 0 Å². The summed E-state index contributed by atoms with van der Waals surface area (Å²) in [5, 5.41) is 0. The highest BCUT2D eigenvalue weighted by atomic mass is 19.1. The van der Waals surface area contributed by atoms with E-state index in [1.54, 1.807) is 17.0 Å². The normalized spacial score (nSPS) is 17.7. The van der Waals surface area contributed by atoms with Gasteiger partial charge in [-0.15, -0.1) is 0 Å². The van der Waals surface area contributed by atoms with E-state index in [-0.39, 0.29) is 11.9 Å². The summed E-state index contributed by atoms with van der Waals surface area (Å²) in [5.41, 5.74) is 1.47. The second kappa shape index (κ2) is 8.30. The van der Waals surface area contributed by atoms with E-state index in [1.807, 2.05) is 49.4 Å². The molecule has 1 heterocycles. The van der Waals surface area contributed by atoms with Gasteiger partial charge in [0, 0.05) is 24.3 Å². The molecular formula is C25H22F2N2O2. The topological polar surface area (TPSA) is 40.6 Å². The fourth-order valence-corrected chi connectivity index (χ4v) is 4.33. The third kappa shape index (κ3) is 3.69. The number of halogens is 2. The number of fused-ring (bicyclic) bond motifs is 1. The fraction of sp³-hybridized carbons (Fsp3) is 0.200. The number of benzene rings is 3. The first-order chi connectivity index (χ1) is 14.9. The van der Waals surface area contributed by atoms with E-state index in [0.29, 0.717) is 12.1 Å². The first-order valence-electron chi connectivity index (χ1n) is 10.1. The van der Waals surface area contributed by atoms with Crippen LogP contribution in [0.2, 0.25) is 0 Å². The number of nitrogens with zero attached hydrogens (tertiary/aromatic N) is 2. The summed E-state index contributed by atoms with van der Waals surface area (Å²) in [6.45, 7) is 3.33. The lowest BCUT2D eigenvalue weighted by Gasteiger charge is -2.43. The highest BCUT2D eigenvalue weighted by Gasteiger charge is 2.39. The largest absolute Gasteiger partial charge is 0.305 e. The van der Waals surface area contributed by atoms with Gasteiger partial charge in [0.25, 0.3) is 5.91 Å². The van der Waals surface area contributed by atoms with Crippen molar-refractivity contribution in [1.82, 2.24) is 0 Å². The van der Waals surface area contributed by atoms with Crippen molar-refractivity contribution in [2.24, 2.45) is 0 Å². The molecule has 4 rings (SSSR count). The Hall–Kier alpha value is -3.54. The van der Waals surface area contributed by atoms with Crippen molar-refractivity contribution in [3.8, 4) is 0 Å². The molecule has 0 aliphatic carbocycles. The zero-order valence-corrected chi connectivity index (χ0v) is 17.3. The molecule has 31 heavy (non-hydrogen) atoms. The SMILES string of the molecule is CC(=O)N(c1ccccc1)C1CC(C)N(C(=O)c2c(F)cccc2F)c2ccccc21. The third-order valence-corrected chi connectivity index (χ3v) is 5.64. The van der Waals surface area contributed by atoms with Gasteiger partial charge in [-0.2, -0.15) is 0 Å². The Morgan fingerprint density at radius 3 is 2.16 bits per heavy atom. The molecule has 0 saturated heterocycles. The first-order valence-corrected chi connectivity index (χ1v) is 10.1. The molecule has 0 N–H and O–H groups in total.